The van der Waals surface area contributed by atoms with Gasteiger partial charge >= 0.3 is 11.8 Å². The summed E-state index contributed by atoms with van der Waals surface area (Å²) in [6, 6.07) is 3.74. The number of nitrogens with zero attached hydrogens (tertiary/aromatic N) is 2. The van der Waals surface area contributed by atoms with E-state index in [4.69, 9.17) is 0 Å². The van der Waals surface area contributed by atoms with Crippen LogP contribution in [-0.4, -0.2) is 21.6 Å². The first-order valence-corrected chi connectivity index (χ1v) is 6.43. The molecular weight excluding hydrogens is 294 g/mol. The third-order valence-electron chi connectivity index (χ3n) is 2.94. The number of hydrogen-bond acceptors (Lipinski definition) is 3. The zero-order valence-corrected chi connectivity index (χ0v) is 11.9. The van der Waals surface area contributed by atoms with Gasteiger partial charge in [-0.2, -0.15) is 5.10 Å². The molecule has 1 aromatic heterocycles. The van der Waals surface area contributed by atoms with Crippen molar-refractivity contribution >= 4 is 17.6 Å². The zero-order valence-electron chi connectivity index (χ0n) is 11.9. The van der Waals surface area contributed by atoms with E-state index in [1.807, 2.05) is 0 Å². The van der Waals surface area contributed by atoms with Crippen LogP contribution in [0.1, 0.15) is 18.5 Å². The number of nitrogens with one attached hydrogen (secondary N) is 2. The van der Waals surface area contributed by atoms with Gasteiger partial charge in [-0.25, -0.2) is 8.78 Å². The lowest BCUT2D eigenvalue weighted by Crippen LogP contribution is -2.37. The highest BCUT2D eigenvalue weighted by molar-refractivity contribution is 6.39. The highest BCUT2D eigenvalue weighted by Gasteiger charge is 2.20. The van der Waals surface area contributed by atoms with E-state index in [1.165, 1.54) is 23.7 Å². The van der Waals surface area contributed by atoms with Crippen molar-refractivity contribution in [3.63, 3.8) is 0 Å². The first-order chi connectivity index (χ1) is 10.4. The molecule has 116 valence electrons. The van der Waals surface area contributed by atoms with Gasteiger partial charge in [-0.3, -0.25) is 14.3 Å². The number of aryl methyl sites for hydroxylation is 1. The average Bonchev–Trinajstić information content (AvgIpc) is 2.83. The molecule has 0 radical (unpaired) electrons. The molecule has 1 heterocycles. The monoisotopic (exact) mass is 308 g/mol. The second-order valence-corrected chi connectivity index (χ2v) is 4.69. The molecule has 0 aliphatic rings. The summed E-state index contributed by atoms with van der Waals surface area (Å²) in [7, 11) is 1.66. The summed E-state index contributed by atoms with van der Waals surface area (Å²) in [4.78, 5) is 23.5. The van der Waals surface area contributed by atoms with Gasteiger partial charge in [0.1, 0.15) is 11.6 Å². The Morgan fingerprint density at radius 3 is 2.55 bits per heavy atom. The van der Waals surface area contributed by atoms with Crippen molar-refractivity contribution in [3.8, 4) is 0 Å². The van der Waals surface area contributed by atoms with Gasteiger partial charge in [-0.05, 0) is 13.0 Å². The van der Waals surface area contributed by atoms with E-state index in [0.29, 0.717) is 6.07 Å². The number of amides is 2. The first kappa shape index (κ1) is 15.6. The summed E-state index contributed by atoms with van der Waals surface area (Å²) in [5.41, 5.74) is 0.0837. The van der Waals surface area contributed by atoms with Gasteiger partial charge in [0.25, 0.3) is 0 Å². The van der Waals surface area contributed by atoms with Crippen molar-refractivity contribution in [2.75, 3.05) is 5.32 Å². The lowest BCUT2D eigenvalue weighted by molar-refractivity contribution is -0.136. The molecule has 2 amide bonds. The van der Waals surface area contributed by atoms with Crippen molar-refractivity contribution < 1.29 is 18.4 Å². The Kier molecular flexibility index (Phi) is 4.50. The quantitative estimate of drug-likeness (QED) is 0.844. The fourth-order valence-electron chi connectivity index (χ4n) is 1.85. The van der Waals surface area contributed by atoms with Crippen molar-refractivity contribution in [1.29, 1.82) is 0 Å². The summed E-state index contributed by atoms with van der Waals surface area (Å²) in [5.74, 6) is -3.15. The summed E-state index contributed by atoms with van der Waals surface area (Å²) in [6.07, 6.45) is 1.60. The Hall–Kier alpha value is -2.77. The maximum atomic E-state index is 13.6. The molecule has 6 nitrogen and oxygen atoms in total. The second kappa shape index (κ2) is 6.33. The smallest absolute Gasteiger partial charge is 0.314 e. The van der Waals surface area contributed by atoms with Crippen LogP contribution in [0.2, 0.25) is 0 Å². The highest BCUT2D eigenvalue weighted by atomic mass is 19.1. The molecule has 2 rings (SSSR count). The van der Waals surface area contributed by atoms with Crippen LogP contribution in [-0.2, 0) is 16.6 Å². The van der Waals surface area contributed by atoms with Crippen molar-refractivity contribution in [3.05, 3.63) is 47.7 Å². The van der Waals surface area contributed by atoms with Crippen molar-refractivity contribution in [2.24, 2.45) is 7.05 Å². The molecule has 8 heteroatoms. The van der Waals surface area contributed by atoms with Crippen LogP contribution >= 0.6 is 0 Å². The van der Waals surface area contributed by atoms with E-state index in [0.717, 1.165) is 6.07 Å². The number of benzene rings is 1. The predicted octanol–water partition coefficient (Wildman–Crippen LogP) is 1.51. The predicted molar refractivity (Wildman–Crippen MR) is 74.8 cm³/mol. The zero-order chi connectivity index (χ0) is 16.3. The number of anilines is 1. The van der Waals surface area contributed by atoms with Crippen LogP contribution < -0.4 is 10.6 Å². The molecule has 2 N–H and O–H groups in total. The maximum absolute atomic E-state index is 13.6. The molecule has 1 atom stereocenters. The third-order valence-corrected chi connectivity index (χ3v) is 2.94. The fourth-order valence-corrected chi connectivity index (χ4v) is 1.85. The number of rotatable bonds is 3. The van der Waals surface area contributed by atoms with E-state index in [9.17, 15) is 18.4 Å². The molecule has 22 heavy (non-hydrogen) atoms. The lowest BCUT2D eigenvalue weighted by Gasteiger charge is -2.14. The number of halogens is 2. The van der Waals surface area contributed by atoms with E-state index in [1.54, 1.807) is 13.2 Å². The van der Waals surface area contributed by atoms with Crippen LogP contribution in [0.15, 0.2) is 30.5 Å². The number of aromatic nitrogens is 2. The summed E-state index contributed by atoms with van der Waals surface area (Å²) >= 11 is 0. The number of hydrogen-bond donors (Lipinski definition) is 2. The normalized spacial score (nSPS) is 11.8. The summed E-state index contributed by atoms with van der Waals surface area (Å²) < 4.78 is 27.9. The molecule has 0 saturated carbocycles. The lowest BCUT2D eigenvalue weighted by atomic mass is 10.1. The Labute approximate surface area is 125 Å². The van der Waals surface area contributed by atoms with Gasteiger partial charge in [0, 0.05) is 30.9 Å². The minimum Gasteiger partial charge on any atom is -0.341 e. The van der Waals surface area contributed by atoms with Crippen LogP contribution in [0, 0.1) is 11.6 Å². The van der Waals surface area contributed by atoms with E-state index < -0.39 is 29.5 Å². The van der Waals surface area contributed by atoms with E-state index in [2.05, 4.69) is 15.7 Å². The van der Waals surface area contributed by atoms with Crippen LogP contribution in [0.3, 0.4) is 0 Å². The second-order valence-electron chi connectivity index (χ2n) is 4.69. The minimum absolute atomic E-state index is 0.0837. The van der Waals surface area contributed by atoms with Crippen LogP contribution in [0.5, 0.6) is 0 Å². The third kappa shape index (κ3) is 3.66. The first-order valence-electron chi connectivity index (χ1n) is 6.43. The molecule has 0 spiro atoms. The van der Waals surface area contributed by atoms with Crippen LogP contribution in [0.25, 0.3) is 0 Å². The van der Waals surface area contributed by atoms with Crippen LogP contribution in [0.4, 0.5) is 14.6 Å². The van der Waals surface area contributed by atoms with Crippen molar-refractivity contribution in [1.82, 2.24) is 15.1 Å². The fraction of sp³-hybridized carbons (Fsp3) is 0.214. The van der Waals surface area contributed by atoms with Gasteiger partial charge < -0.3 is 10.6 Å². The Morgan fingerprint density at radius 1 is 1.23 bits per heavy atom. The topological polar surface area (TPSA) is 76.0 Å². The highest BCUT2D eigenvalue weighted by Crippen LogP contribution is 2.17. The van der Waals surface area contributed by atoms with E-state index in [-0.39, 0.29) is 11.4 Å². The molecular formula is C14H14F2N4O2. The minimum atomic E-state index is -0.943. The largest absolute Gasteiger partial charge is 0.341 e. The van der Waals surface area contributed by atoms with Gasteiger partial charge in [0.15, 0.2) is 5.82 Å². The number of carbonyl (C=O) groups excluding carboxylic acids is 2. The summed E-state index contributed by atoms with van der Waals surface area (Å²) in [5, 5.41) is 8.54. The molecule has 2 aromatic rings. The molecule has 0 aliphatic heterocycles. The standard InChI is InChI=1S/C14H14F2N4O2/c1-8(10-4-3-9(15)7-11(10)16)17-13(21)14(22)18-12-5-6-20(2)19-12/h3-8H,1-2H3,(H,17,21)(H,18,19,22)/t8-/m0/s1. The Balaban J connectivity index is 1.99. The van der Waals surface area contributed by atoms with Gasteiger partial charge in [-0.15, -0.1) is 0 Å². The number of carbonyl (C=O) groups is 2. The van der Waals surface area contributed by atoms with Gasteiger partial charge in [-0.1, -0.05) is 6.07 Å². The summed E-state index contributed by atoms with van der Waals surface area (Å²) in [6.45, 7) is 1.49. The molecule has 0 aliphatic carbocycles. The molecule has 0 bridgehead atoms. The molecule has 1 aromatic carbocycles. The molecule has 0 fully saturated rings. The maximum Gasteiger partial charge on any atom is 0.314 e. The molecule has 0 saturated heterocycles. The molecule has 0 unspecified atom stereocenters. The van der Waals surface area contributed by atoms with E-state index >= 15 is 0 Å². The van der Waals surface area contributed by atoms with Gasteiger partial charge in [0.2, 0.25) is 0 Å². The van der Waals surface area contributed by atoms with Gasteiger partial charge in [0.05, 0.1) is 6.04 Å². The van der Waals surface area contributed by atoms with Crippen molar-refractivity contribution in [2.45, 2.75) is 13.0 Å². The Bertz CT molecular complexity index is 715. The average molecular weight is 308 g/mol. The SMILES string of the molecule is C[C@H](NC(=O)C(=O)Nc1ccn(C)n1)c1ccc(F)cc1F. The Morgan fingerprint density at radius 2 is 1.95 bits per heavy atom.